The molecule has 0 aliphatic carbocycles. The first-order valence-electron chi connectivity index (χ1n) is 2.38. The second-order valence-corrected chi connectivity index (χ2v) is 3.88. The lowest BCUT2D eigenvalue weighted by Gasteiger charge is -2.17. The number of alkyl halides is 3. The van der Waals surface area contributed by atoms with Crippen LogP contribution >= 0.6 is 25.3 Å². The number of halogens is 3. The molecule has 0 fully saturated rings. The monoisotopic (exact) mass is 206 g/mol. The standard InChI is InChI=1S/C4H5F3O2S2/c1-3(10,11)9-2(8)4(5,6)7/h10-11H,1H3. The Bertz CT molecular complexity index is 160. The number of hydrogen-bond donors (Lipinski definition) is 2. The number of hydrogen-bond acceptors (Lipinski definition) is 4. The summed E-state index contributed by atoms with van der Waals surface area (Å²) >= 11 is 6.89. The van der Waals surface area contributed by atoms with Gasteiger partial charge in [-0.15, -0.1) is 25.3 Å². The topological polar surface area (TPSA) is 26.3 Å². The third kappa shape index (κ3) is 5.25. The van der Waals surface area contributed by atoms with Crippen LogP contribution in [0.2, 0.25) is 0 Å². The minimum absolute atomic E-state index is 1.10. The molecule has 0 bridgehead atoms. The van der Waals surface area contributed by atoms with E-state index in [4.69, 9.17) is 0 Å². The van der Waals surface area contributed by atoms with Gasteiger partial charge in [0.2, 0.25) is 0 Å². The molecule has 0 saturated carbocycles. The smallest absolute Gasteiger partial charge is 0.432 e. The Hall–Kier alpha value is -0.0400. The number of carbonyl (C=O) groups is 1. The zero-order chi connectivity index (χ0) is 9.28. The zero-order valence-corrected chi connectivity index (χ0v) is 7.13. The molecule has 0 aliphatic rings. The summed E-state index contributed by atoms with van der Waals surface area (Å²) in [6.07, 6.45) is -4.99. The summed E-state index contributed by atoms with van der Waals surface area (Å²) in [4.78, 5) is 10.0. The third-order valence-corrected chi connectivity index (χ3v) is 0.700. The molecule has 11 heavy (non-hydrogen) atoms. The van der Waals surface area contributed by atoms with Crippen LogP contribution < -0.4 is 0 Å². The van der Waals surface area contributed by atoms with Crippen molar-refractivity contribution in [3.8, 4) is 0 Å². The largest absolute Gasteiger partial charge is 0.491 e. The van der Waals surface area contributed by atoms with Crippen molar-refractivity contribution in [3.05, 3.63) is 0 Å². The minimum Gasteiger partial charge on any atom is -0.432 e. The Morgan fingerprint density at radius 1 is 1.36 bits per heavy atom. The Labute approximate surface area is 71.9 Å². The van der Waals surface area contributed by atoms with E-state index >= 15 is 0 Å². The van der Waals surface area contributed by atoms with Gasteiger partial charge in [0.1, 0.15) is 0 Å². The predicted molar refractivity (Wildman–Crippen MR) is 38.5 cm³/mol. The Balaban J connectivity index is 4.11. The van der Waals surface area contributed by atoms with Crippen LogP contribution in [-0.2, 0) is 9.53 Å². The molecule has 0 N–H and O–H groups in total. The van der Waals surface area contributed by atoms with Gasteiger partial charge in [0.25, 0.3) is 0 Å². The van der Waals surface area contributed by atoms with Gasteiger partial charge in [0.05, 0.1) is 0 Å². The summed E-state index contributed by atoms with van der Waals surface area (Å²) in [6.45, 7) is 1.10. The van der Waals surface area contributed by atoms with Crippen molar-refractivity contribution in [2.75, 3.05) is 0 Å². The van der Waals surface area contributed by atoms with Gasteiger partial charge in [-0.2, -0.15) is 13.2 Å². The molecule has 0 rings (SSSR count). The van der Waals surface area contributed by atoms with Crippen LogP contribution in [0, 0.1) is 0 Å². The third-order valence-electron chi connectivity index (χ3n) is 0.518. The molecular weight excluding hydrogens is 201 g/mol. The number of carbonyl (C=O) groups excluding carboxylic acids is 1. The molecule has 0 radical (unpaired) electrons. The highest BCUT2D eigenvalue weighted by Gasteiger charge is 2.43. The zero-order valence-electron chi connectivity index (χ0n) is 5.34. The summed E-state index contributed by atoms with van der Waals surface area (Å²) in [5, 5.41) is 0. The van der Waals surface area contributed by atoms with E-state index in [1.54, 1.807) is 0 Å². The van der Waals surface area contributed by atoms with Crippen molar-refractivity contribution < 1.29 is 22.7 Å². The average Bonchev–Trinajstić information content (AvgIpc) is 1.56. The highest BCUT2D eigenvalue weighted by atomic mass is 32.2. The van der Waals surface area contributed by atoms with E-state index in [9.17, 15) is 18.0 Å². The van der Waals surface area contributed by atoms with E-state index < -0.39 is 16.4 Å². The normalized spacial score (nSPS) is 12.9. The molecular formula is C4H5F3O2S2. The fraction of sp³-hybridized carbons (Fsp3) is 0.750. The van der Waals surface area contributed by atoms with E-state index in [0.717, 1.165) is 6.92 Å². The van der Waals surface area contributed by atoms with Gasteiger partial charge < -0.3 is 4.74 Å². The summed E-state index contributed by atoms with van der Waals surface area (Å²) in [6, 6.07) is 0. The van der Waals surface area contributed by atoms with Gasteiger partial charge >= 0.3 is 12.1 Å². The predicted octanol–water partition coefficient (Wildman–Crippen LogP) is 1.63. The van der Waals surface area contributed by atoms with Gasteiger partial charge in [0.15, 0.2) is 4.27 Å². The van der Waals surface area contributed by atoms with Crippen molar-refractivity contribution in [1.82, 2.24) is 0 Å². The van der Waals surface area contributed by atoms with Gasteiger partial charge in [-0.3, -0.25) is 0 Å². The second kappa shape index (κ2) is 3.14. The van der Waals surface area contributed by atoms with E-state index in [2.05, 4.69) is 30.0 Å². The molecule has 0 saturated heterocycles. The molecule has 0 aromatic heterocycles. The van der Waals surface area contributed by atoms with Crippen LogP contribution in [0.15, 0.2) is 0 Å². The number of esters is 1. The van der Waals surface area contributed by atoms with Crippen LogP contribution in [0.4, 0.5) is 13.2 Å². The maximum absolute atomic E-state index is 11.4. The Morgan fingerprint density at radius 2 is 1.73 bits per heavy atom. The highest BCUT2D eigenvalue weighted by molar-refractivity contribution is 8.00. The van der Waals surface area contributed by atoms with Crippen LogP contribution in [0.25, 0.3) is 0 Å². The van der Waals surface area contributed by atoms with E-state index in [-0.39, 0.29) is 0 Å². The highest BCUT2D eigenvalue weighted by Crippen LogP contribution is 2.25. The summed E-state index contributed by atoms with van der Waals surface area (Å²) < 4.78 is 36.4. The van der Waals surface area contributed by atoms with E-state index in [1.807, 2.05) is 0 Å². The minimum atomic E-state index is -4.99. The lowest BCUT2D eigenvalue weighted by atomic mass is 10.6. The summed E-state index contributed by atoms with van der Waals surface area (Å²) in [5.41, 5.74) is 0. The van der Waals surface area contributed by atoms with Crippen molar-refractivity contribution in [2.24, 2.45) is 0 Å². The van der Waals surface area contributed by atoms with E-state index in [0.29, 0.717) is 0 Å². The molecule has 0 heterocycles. The first kappa shape index (κ1) is 11.0. The number of thiol groups is 2. The average molecular weight is 206 g/mol. The van der Waals surface area contributed by atoms with Crippen LogP contribution in [-0.4, -0.2) is 16.4 Å². The molecule has 7 heteroatoms. The molecule has 0 aromatic carbocycles. The SMILES string of the molecule is CC(S)(S)OC(=O)C(F)(F)F. The molecule has 0 aliphatic heterocycles. The Kier molecular flexibility index (Phi) is 3.13. The van der Waals surface area contributed by atoms with Gasteiger partial charge in [-0.25, -0.2) is 4.79 Å². The van der Waals surface area contributed by atoms with Gasteiger partial charge in [-0.1, -0.05) is 0 Å². The molecule has 0 unspecified atom stereocenters. The maximum Gasteiger partial charge on any atom is 0.491 e. The van der Waals surface area contributed by atoms with Gasteiger partial charge in [-0.05, 0) is 6.92 Å². The number of rotatable bonds is 1. The molecule has 0 spiro atoms. The van der Waals surface area contributed by atoms with Crippen molar-refractivity contribution >= 4 is 31.2 Å². The quantitative estimate of drug-likeness (QED) is 0.387. The Morgan fingerprint density at radius 3 is 1.82 bits per heavy atom. The lowest BCUT2D eigenvalue weighted by Crippen LogP contribution is -2.31. The first-order chi connectivity index (χ1) is 4.63. The van der Waals surface area contributed by atoms with E-state index in [1.165, 1.54) is 0 Å². The van der Waals surface area contributed by atoms with Crippen LogP contribution in [0.3, 0.4) is 0 Å². The molecule has 0 atom stereocenters. The van der Waals surface area contributed by atoms with Crippen molar-refractivity contribution in [1.29, 1.82) is 0 Å². The first-order valence-corrected chi connectivity index (χ1v) is 3.27. The van der Waals surface area contributed by atoms with Crippen molar-refractivity contribution in [3.63, 3.8) is 0 Å². The molecule has 66 valence electrons. The second-order valence-electron chi connectivity index (χ2n) is 1.82. The van der Waals surface area contributed by atoms with Gasteiger partial charge in [0, 0.05) is 0 Å². The molecule has 0 amide bonds. The van der Waals surface area contributed by atoms with Crippen LogP contribution in [0.1, 0.15) is 6.92 Å². The molecule has 0 aromatic rings. The summed E-state index contributed by atoms with van der Waals surface area (Å²) in [5.74, 6) is -2.30. The maximum atomic E-state index is 11.4. The number of ether oxygens (including phenoxy) is 1. The lowest BCUT2D eigenvalue weighted by molar-refractivity contribution is -0.201. The summed E-state index contributed by atoms with van der Waals surface area (Å²) in [7, 11) is 0. The van der Waals surface area contributed by atoms with Crippen LogP contribution in [0.5, 0.6) is 0 Å². The molecule has 2 nitrogen and oxygen atoms in total. The fourth-order valence-electron chi connectivity index (χ4n) is 0.233. The van der Waals surface area contributed by atoms with Crippen molar-refractivity contribution in [2.45, 2.75) is 17.4 Å². The fourth-order valence-corrected chi connectivity index (χ4v) is 0.399.